The second-order valence-electron chi connectivity index (χ2n) is 9.47. The predicted octanol–water partition coefficient (Wildman–Crippen LogP) is 2.86. The quantitative estimate of drug-likeness (QED) is 0.165. The molecule has 202 valence electrons. The van der Waals surface area contributed by atoms with Gasteiger partial charge < -0.3 is 21.2 Å². The molecule has 1 aliphatic carbocycles. The molecule has 0 saturated heterocycles. The SMILES string of the molecule is COc1ccc2cc(S(=O)(=O)N[C@@H](Cc3ccc(/C(N)=N/N)c(F)c3)C(=O)N(C)C3CCCC3)ccc2c1. The smallest absolute Gasteiger partial charge is 0.241 e. The number of hydrogen-bond acceptors (Lipinski definition) is 6. The Morgan fingerprint density at radius 3 is 2.47 bits per heavy atom. The van der Waals surface area contributed by atoms with Crippen LogP contribution in [0.2, 0.25) is 0 Å². The maximum Gasteiger partial charge on any atom is 0.241 e. The summed E-state index contributed by atoms with van der Waals surface area (Å²) in [6.45, 7) is 0. The van der Waals surface area contributed by atoms with Gasteiger partial charge in [0.1, 0.15) is 17.6 Å². The summed E-state index contributed by atoms with van der Waals surface area (Å²) in [5.74, 6) is 4.60. The molecule has 1 amide bonds. The van der Waals surface area contributed by atoms with Gasteiger partial charge in [-0.1, -0.05) is 31.0 Å². The van der Waals surface area contributed by atoms with Gasteiger partial charge in [-0.3, -0.25) is 4.79 Å². The van der Waals surface area contributed by atoms with Gasteiger partial charge in [0.05, 0.1) is 17.6 Å². The zero-order chi connectivity index (χ0) is 27.4. The molecule has 0 unspecified atom stereocenters. The van der Waals surface area contributed by atoms with Gasteiger partial charge in [-0.25, -0.2) is 12.8 Å². The number of likely N-dealkylation sites (N-methyl/N-ethyl adjacent to an activating group) is 1. The Kier molecular flexibility index (Phi) is 8.17. The summed E-state index contributed by atoms with van der Waals surface area (Å²) in [5.41, 5.74) is 6.08. The third-order valence-corrected chi connectivity index (χ3v) is 8.50. The van der Waals surface area contributed by atoms with Crippen LogP contribution in [0.15, 0.2) is 64.6 Å². The Bertz CT molecular complexity index is 1470. The number of fused-ring (bicyclic) bond motifs is 1. The summed E-state index contributed by atoms with van der Waals surface area (Å²) in [4.78, 5) is 15.2. The van der Waals surface area contributed by atoms with Crippen LogP contribution in [-0.2, 0) is 21.2 Å². The van der Waals surface area contributed by atoms with Crippen LogP contribution in [0.1, 0.15) is 36.8 Å². The average Bonchev–Trinajstić information content (AvgIpc) is 3.46. The highest BCUT2D eigenvalue weighted by atomic mass is 32.2. The van der Waals surface area contributed by atoms with Crippen LogP contribution in [0.4, 0.5) is 4.39 Å². The van der Waals surface area contributed by atoms with E-state index in [1.807, 2.05) is 6.07 Å². The lowest BCUT2D eigenvalue weighted by Gasteiger charge is -2.29. The minimum atomic E-state index is -4.10. The third kappa shape index (κ3) is 5.89. The largest absolute Gasteiger partial charge is 0.497 e. The van der Waals surface area contributed by atoms with E-state index in [-0.39, 0.29) is 34.7 Å². The molecule has 38 heavy (non-hydrogen) atoms. The molecule has 5 N–H and O–H groups in total. The van der Waals surface area contributed by atoms with Crippen molar-refractivity contribution in [3.8, 4) is 5.75 Å². The third-order valence-electron chi connectivity index (χ3n) is 7.03. The first-order valence-electron chi connectivity index (χ1n) is 12.3. The van der Waals surface area contributed by atoms with Gasteiger partial charge in [0.25, 0.3) is 0 Å². The van der Waals surface area contributed by atoms with Gasteiger partial charge in [-0.15, -0.1) is 0 Å². The Labute approximate surface area is 221 Å². The first-order chi connectivity index (χ1) is 18.1. The van der Waals surface area contributed by atoms with Gasteiger partial charge in [0.2, 0.25) is 15.9 Å². The molecule has 1 fully saturated rings. The maximum absolute atomic E-state index is 14.7. The van der Waals surface area contributed by atoms with Crippen molar-refractivity contribution in [3.05, 3.63) is 71.5 Å². The molecule has 0 aliphatic heterocycles. The fourth-order valence-electron chi connectivity index (χ4n) is 4.85. The minimum Gasteiger partial charge on any atom is -0.497 e. The number of amides is 1. The molecule has 11 heteroatoms. The van der Waals surface area contributed by atoms with Gasteiger partial charge >= 0.3 is 0 Å². The van der Waals surface area contributed by atoms with E-state index in [2.05, 4.69) is 9.82 Å². The summed E-state index contributed by atoms with van der Waals surface area (Å²) in [7, 11) is -0.858. The van der Waals surface area contributed by atoms with E-state index in [1.165, 1.54) is 18.2 Å². The van der Waals surface area contributed by atoms with Crippen molar-refractivity contribution < 1.29 is 22.3 Å². The number of ether oxygens (including phenoxy) is 1. The highest BCUT2D eigenvalue weighted by molar-refractivity contribution is 7.89. The van der Waals surface area contributed by atoms with Crippen molar-refractivity contribution in [2.24, 2.45) is 16.7 Å². The molecule has 0 aromatic heterocycles. The Morgan fingerprint density at radius 1 is 1.13 bits per heavy atom. The molecule has 3 aromatic rings. The summed E-state index contributed by atoms with van der Waals surface area (Å²) >= 11 is 0. The molecule has 0 heterocycles. The zero-order valence-corrected chi connectivity index (χ0v) is 22.2. The van der Waals surface area contributed by atoms with Crippen LogP contribution in [0, 0.1) is 5.82 Å². The van der Waals surface area contributed by atoms with Crippen LogP contribution >= 0.6 is 0 Å². The lowest BCUT2D eigenvalue weighted by atomic mass is 10.0. The zero-order valence-electron chi connectivity index (χ0n) is 21.4. The highest BCUT2D eigenvalue weighted by Crippen LogP contribution is 2.26. The Hall–Kier alpha value is -3.70. The number of hydrogen-bond donors (Lipinski definition) is 3. The monoisotopic (exact) mass is 541 g/mol. The van der Waals surface area contributed by atoms with Crippen molar-refractivity contribution in [1.82, 2.24) is 9.62 Å². The number of benzene rings is 3. The van der Waals surface area contributed by atoms with Crippen LogP contribution in [0.5, 0.6) is 5.75 Å². The first kappa shape index (κ1) is 27.3. The van der Waals surface area contributed by atoms with Crippen LogP contribution in [0.3, 0.4) is 0 Å². The number of carbonyl (C=O) groups excluding carboxylic acids is 1. The van der Waals surface area contributed by atoms with E-state index in [0.717, 1.165) is 31.1 Å². The van der Waals surface area contributed by atoms with Crippen molar-refractivity contribution in [2.75, 3.05) is 14.2 Å². The lowest BCUT2D eigenvalue weighted by Crippen LogP contribution is -2.50. The van der Waals surface area contributed by atoms with E-state index in [4.69, 9.17) is 16.3 Å². The normalized spacial score (nSPS) is 15.5. The Morgan fingerprint density at radius 2 is 1.82 bits per heavy atom. The molecule has 1 aliphatic rings. The van der Waals surface area contributed by atoms with E-state index < -0.39 is 21.9 Å². The lowest BCUT2D eigenvalue weighted by molar-refractivity contribution is -0.133. The molecule has 0 spiro atoms. The van der Waals surface area contributed by atoms with E-state index in [0.29, 0.717) is 16.7 Å². The number of methoxy groups -OCH3 is 1. The fourth-order valence-corrected chi connectivity index (χ4v) is 6.07. The minimum absolute atomic E-state index is 0.0185. The van der Waals surface area contributed by atoms with Crippen LogP contribution < -0.4 is 21.0 Å². The number of rotatable bonds is 9. The number of halogens is 1. The number of nitrogens with two attached hydrogens (primary N) is 2. The van der Waals surface area contributed by atoms with Crippen molar-refractivity contribution in [2.45, 2.75) is 49.1 Å². The van der Waals surface area contributed by atoms with Gasteiger partial charge in [-0.2, -0.15) is 9.82 Å². The number of hydrazone groups is 1. The molecular weight excluding hydrogens is 509 g/mol. The van der Waals surface area contributed by atoms with E-state index in [9.17, 15) is 17.6 Å². The molecule has 0 bridgehead atoms. The van der Waals surface area contributed by atoms with Gasteiger partial charge in [0, 0.05) is 13.1 Å². The maximum atomic E-state index is 14.7. The topological polar surface area (TPSA) is 140 Å². The summed E-state index contributed by atoms with van der Waals surface area (Å²) in [6.07, 6.45) is 3.68. The number of nitrogens with one attached hydrogen (secondary N) is 1. The number of sulfonamides is 1. The number of amidine groups is 1. The van der Waals surface area contributed by atoms with E-state index in [1.54, 1.807) is 49.4 Å². The summed E-state index contributed by atoms with van der Waals surface area (Å²) < 4.78 is 49.4. The molecule has 1 saturated carbocycles. The van der Waals surface area contributed by atoms with Crippen molar-refractivity contribution in [1.29, 1.82) is 0 Å². The standard InChI is InChI=1S/C27H32FN5O4S/c1-33(20-5-3-4-6-20)27(34)25(14-17-7-12-23(24(28)13-17)26(29)31-30)32-38(35,36)22-11-9-18-15-21(37-2)10-8-19(18)16-22/h7-13,15-16,20,25,32H,3-6,14,30H2,1-2H3,(H2,29,31)/t25-/m0/s1. The molecule has 9 nitrogen and oxygen atoms in total. The second-order valence-corrected chi connectivity index (χ2v) is 11.2. The van der Waals surface area contributed by atoms with E-state index >= 15 is 0 Å². The molecular formula is C27H32FN5O4S. The molecule has 3 aromatic carbocycles. The highest BCUT2D eigenvalue weighted by Gasteiger charge is 2.32. The van der Waals surface area contributed by atoms with Gasteiger partial charge in [-0.05, 0) is 72.0 Å². The first-order valence-corrected chi connectivity index (χ1v) is 13.8. The molecule has 1 atom stereocenters. The van der Waals surface area contributed by atoms with Crippen LogP contribution in [0.25, 0.3) is 10.8 Å². The molecule has 0 radical (unpaired) electrons. The number of carbonyl (C=O) groups is 1. The Balaban J connectivity index is 1.65. The van der Waals surface area contributed by atoms with Gasteiger partial charge in [0.15, 0.2) is 5.84 Å². The van der Waals surface area contributed by atoms with Crippen molar-refractivity contribution in [3.63, 3.8) is 0 Å². The summed E-state index contributed by atoms with van der Waals surface area (Å²) in [6, 6.07) is 13.1. The summed E-state index contributed by atoms with van der Waals surface area (Å²) in [5, 5.41) is 4.83. The molecule has 4 rings (SSSR count). The fraction of sp³-hybridized carbons (Fsp3) is 0.333. The predicted molar refractivity (Wildman–Crippen MR) is 145 cm³/mol. The van der Waals surface area contributed by atoms with Crippen LogP contribution in [-0.4, -0.2) is 51.3 Å². The number of nitrogens with zero attached hydrogens (tertiary/aromatic N) is 2. The second kappa shape index (κ2) is 11.4. The average molecular weight is 542 g/mol. The van der Waals surface area contributed by atoms with Crippen molar-refractivity contribution >= 4 is 32.5 Å².